The fraction of sp³-hybridized carbons (Fsp3) is 0.875. The Morgan fingerprint density at radius 2 is 2.36 bits per heavy atom. The molecule has 2 aliphatic rings. The molecule has 1 saturated heterocycles. The lowest BCUT2D eigenvalue weighted by Gasteiger charge is -2.06. The van der Waals surface area contributed by atoms with E-state index in [0.29, 0.717) is 5.41 Å². The third-order valence-corrected chi connectivity index (χ3v) is 2.88. The van der Waals surface area contributed by atoms with Gasteiger partial charge < -0.3 is 10.6 Å². The Kier molecular flexibility index (Phi) is 1.42. The van der Waals surface area contributed by atoms with Crippen molar-refractivity contribution in [3.05, 3.63) is 0 Å². The molecule has 1 aliphatic heterocycles. The van der Waals surface area contributed by atoms with E-state index in [1.54, 1.807) is 7.05 Å². The quantitative estimate of drug-likeness (QED) is 0.552. The molecule has 11 heavy (non-hydrogen) atoms. The van der Waals surface area contributed by atoms with Crippen molar-refractivity contribution in [1.29, 1.82) is 0 Å². The van der Waals surface area contributed by atoms with Gasteiger partial charge in [0, 0.05) is 13.6 Å². The predicted molar refractivity (Wildman–Crippen MR) is 42.1 cm³/mol. The van der Waals surface area contributed by atoms with E-state index in [2.05, 4.69) is 10.6 Å². The number of carbonyl (C=O) groups is 1. The van der Waals surface area contributed by atoms with Crippen LogP contribution in [-0.4, -0.2) is 25.5 Å². The zero-order chi connectivity index (χ0) is 7.90. The van der Waals surface area contributed by atoms with Crippen LogP contribution in [0.15, 0.2) is 0 Å². The van der Waals surface area contributed by atoms with E-state index in [-0.39, 0.29) is 11.9 Å². The second-order valence-corrected chi connectivity index (χ2v) is 3.75. The summed E-state index contributed by atoms with van der Waals surface area (Å²) in [6.07, 6.45) is 3.67. The highest BCUT2D eigenvalue weighted by Crippen LogP contribution is 2.51. The van der Waals surface area contributed by atoms with Gasteiger partial charge in [-0.05, 0) is 24.7 Å². The van der Waals surface area contributed by atoms with Crippen molar-refractivity contribution < 1.29 is 4.79 Å². The predicted octanol–water partition coefficient (Wildman–Crippen LogP) is -0.126. The third-order valence-electron chi connectivity index (χ3n) is 2.88. The zero-order valence-corrected chi connectivity index (χ0v) is 6.81. The normalized spacial score (nSPS) is 32.3. The van der Waals surface area contributed by atoms with Crippen molar-refractivity contribution in [1.82, 2.24) is 10.6 Å². The molecule has 0 radical (unpaired) electrons. The van der Waals surface area contributed by atoms with Gasteiger partial charge in [0.05, 0.1) is 6.04 Å². The Bertz CT molecular complexity index is 187. The SMILES string of the molecule is CNC(=O)[C@@H]1CC2(CC2)CN1. The molecular formula is C8H14N2O. The third kappa shape index (κ3) is 1.13. The van der Waals surface area contributed by atoms with E-state index in [0.717, 1.165) is 13.0 Å². The molecule has 0 aromatic carbocycles. The van der Waals surface area contributed by atoms with E-state index in [4.69, 9.17) is 0 Å². The number of nitrogens with one attached hydrogen (secondary N) is 2. The molecule has 1 spiro atoms. The Morgan fingerprint density at radius 3 is 2.82 bits per heavy atom. The molecule has 1 atom stereocenters. The van der Waals surface area contributed by atoms with E-state index >= 15 is 0 Å². The van der Waals surface area contributed by atoms with E-state index in [9.17, 15) is 4.79 Å². The number of carbonyl (C=O) groups excluding carboxylic acids is 1. The highest BCUT2D eigenvalue weighted by molar-refractivity contribution is 5.82. The molecule has 2 N–H and O–H groups in total. The van der Waals surface area contributed by atoms with Crippen LogP contribution in [0.4, 0.5) is 0 Å². The molecule has 1 saturated carbocycles. The molecule has 0 bridgehead atoms. The van der Waals surface area contributed by atoms with Crippen molar-refractivity contribution in [2.75, 3.05) is 13.6 Å². The lowest BCUT2D eigenvalue weighted by atomic mass is 10.0. The molecule has 0 aromatic heterocycles. The molecule has 0 unspecified atom stereocenters. The van der Waals surface area contributed by atoms with Crippen LogP contribution in [0.2, 0.25) is 0 Å². The molecule has 2 fully saturated rings. The van der Waals surface area contributed by atoms with Crippen LogP contribution in [0.25, 0.3) is 0 Å². The van der Waals surface area contributed by atoms with Crippen LogP contribution in [0, 0.1) is 5.41 Å². The standard InChI is InChI=1S/C8H14N2O/c1-9-7(11)6-4-8(2-3-8)5-10-6/h6,10H,2-5H2,1H3,(H,9,11)/t6-/m0/s1. The maximum Gasteiger partial charge on any atom is 0.236 e. The van der Waals surface area contributed by atoms with Gasteiger partial charge in [-0.2, -0.15) is 0 Å². The largest absolute Gasteiger partial charge is 0.358 e. The molecule has 0 aromatic rings. The Morgan fingerprint density at radius 1 is 1.64 bits per heavy atom. The zero-order valence-electron chi connectivity index (χ0n) is 6.81. The fourth-order valence-electron chi connectivity index (χ4n) is 1.83. The monoisotopic (exact) mass is 154 g/mol. The first-order chi connectivity index (χ1) is 5.26. The molecule has 1 aliphatic carbocycles. The summed E-state index contributed by atoms with van der Waals surface area (Å²) in [6, 6.07) is 0.0856. The van der Waals surface area contributed by atoms with Crippen LogP contribution >= 0.6 is 0 Å². The summed E-state index contributed by atoms with van der Waals surface area (Å²) < 4.78 is 0. The summed E-state index contributed by atoms with van der Waals surface area (Å²) in [4.78, 5) is 11.2. The summed E-state index contributed by atoms with van der Waals surface area (Å²) in [7, 11) is 1.70. The highest BCUT2D eigenvalue weighted by atomic mass is 16.2. The van der Waals surface area contributed by atoms with Crippen LogP contribution < -0.4 is 10.6 Å². The summed E-state index contributed by atoms with van der Waals surface area (Å²) in [5, 5.41) is 5.92. The molecule has 1 heterocycles. The summed E-state index contributed by atoms with van der Waals surface area (Å²) in [5.74, 6) is 0.147. The second kappa shape index (κ2) is 2.21. The minimum atomic E-state index is 0.0856. The van der Waals surface area contributed by atoms with E-state index in [1.165, 1.54) is 12.8 Å². The molecule has 3 heteroatoms. The summed E-state index contributed by atoms with van der Waals surface area (Å²) >= 11 is 0. The van der Waals surface area contributed by atoms with Gasteiger partial charge in [-0.3, -0.25) is 4.79 Å². The van der Waals surface area contributed by atoms with Crippen LogP contribution in [0.3, 0.4) is 0 Å². The van der Waals surface area contributed by atoms with Crippen LogP contribution in [-0.2, 0) is 4.79 Å². The van der Waals surface area contributed by atoms with Gasteiger partial charge in [0.2, 0.25) is 5.91 Å². The molecule has 3 nitrogen and oxygen atoms in total. The van der Waals surface area contributed by atoms with Gasteiger partial charge in [-0.15, -0.1) is 0 Å². The first kappa shape index (κ1) is 7.10. The minimum Gasteiger partial charge on any atom is -0.358 e. The topological polar surface area (TPSA) is 41.1 Å². The highest BCUT2D eigenvalue weighted by Gasteiger charge is 2.49. The van der Waals surface area contributed by atoms with Crippen LogP contribution in [0.1, 0.15) is 19.3 Å². The van der Waals surface area contributed by atoms with Crippen molar-refractivity contribution in [3.63, 3.8) is 0 Å². The van der Waals surface area contributed by atoms with Gasteiger partial charge in [-0.25, -0.2) is 0 Å². The number of amides is 1. The Labute approximate surface area is 66.5 Å². The maximum atomic E-state index is 11.2. The minimum absolute atomic E-state index is 0.0856. The first-order valence-corrected chi connectivity index (χ1v) is 4.21. The van der Waals surface area contributed by atoms with Crippen molar-refractivity contribution in [3.8, 4) is 0 Å². The number of likely N-dealkylation sites (N-methyl/N-ethyl adjacent to an activating group) is 1. The second-order valence-electron chi connectivity index (χ2n) is 3.75. The van der Waals surface area contributed by atoms with Gasteiger partial charge in [0.15, 0.2) is 0 Å². The van der Waals surface area contributed by atoms with Gasteiger partial charge in [0.1, 0.15) is 0 Å². The summed E-state index contributed by atoms with van der Waals surface area (Å²) in [5.41, 5.74) is 0.525. The average Bonchev–Trinajstić information content (AvgIpc) is 2.61. The number of hydrogen-bond acceptors (Lipinski definition) is 2. The smallest absolute Gasteiger partial charge is 0.236 e. The summed E-state index contributed by atoms with van der Waals surface area (Å²) in [6.45, 7) is 1.05. The van der Waals surface area contributed by atoms with Gasteiger partial charge in [0.25, 0.3) is 0 Å². The average molecular weight is 154 g/mol. The molecule has 1 amide bonds. The Balaban J connectivity index is 1.94. The lowest BCUT2D eigenvalue weighted by Crippen LogP contribution is -2.38. The van der Waals surface area contributed by atoms with E-state index in [1.807, 2.05) is 0 Å². The molecule has 62 valence electrons. The van der Waals surface area contributed by atoms with Crippen molar-refractivity contribution in [2.24, 2.45) is 5.41 Å². The Hall–Kier alpha value is -0.570. The van der Waals surface area contributed by atoms with Gasteiger partial charge >= 0.3 is 0 Å². The van der Waals surface area contributed by atoms with Crippen molar-refractivity contribution >= 4 is 5.91 Å². The van der Waals surface area contributed by atoms with Crippen molar-refractivity contribution in [2.45, 2.75) is 25.3 Å². The molecular weight excluding hydrogens is 140 g/mol. The number of rotatable bonds is 1. The lowest BCUT2D eigenvalue weighted by molar-refractivity contribution is -0.122. The first-order valence-electron chi connectivity index (χ1n) is 4.21. The van der Waals surface area contributed by atoms with E-state index < -0.39 is 0 Å². The van der Waals surface area contributed by atoms with Crippen LogP contribution in [0.5, 0.6) is 0 Å². The molecule has 2 rings (SSSR count). The fourth-order valence-corrected chi connectivity index (χ4v) is 1.83. The van der Waals surface area contributed by atoms with Gasteiger partial charge in [-0.1, -0.05) is 0 Å². The maximum absolute atomic E-state index is 11.2. The number of hydrogen-bond donors (Lipinski definition) is 2.